The Morgan fingerprint density at radius 1 is 1.22 bits per heavy atom. The van der Waals surface area contributed by atoms with Crippen LogP contribution in [-0.4, -0.2) is 35.6 Å². The molecule has 0 amide bonds. The molecule has 27 heavy (non-hydrogen) atoms. The summed E-state index contributed by atoms with van der Waals surface area (Å²) in [4.78, 5) is 12.5. The highest BCUT2D eigenvalue weighted by Crippen LogP contribution is 2.21. The number of hydrogen-bond acceptors (Lipinski definition) is 3. The summed E-state index contributed by atoms with van der Waals surface area (Å²) in [6, 6.07) is 6.44. The lowest BCUT2D eigenvalue weighted by molar-refractivity contribution is 0.796. The smallest absolute Gasteiger partial charge is 0.191 e. The molecule has 3 N–H and O–H groups in total. The van der Waals surface area contributed by atoms with Crippen molar-refractivity contribution in [1.82, 2.24) is 20.6 Å². The van der Waals surface area contributed by atoms with E-state index in [0.717, 1.165) is 49.1 Å². The van der Waals surface area contributed by atoms with Crippen LogP contribution in [0.2, 0.25) is 0 Å². The number of para-hydroxylation sites is 1. The maximum Gasteiger partial charge on any atom is 0.191 e. The average molecular weight is 497 g/mol. The third-order valence-corrected chi connectivity index (χ3v) is 5.17. The maximum atomic E-state index is 4.66. The van der Waals surface area contributed by atoms with E-state index >= 15 is 0 Å². The van der Waals surface area contributed by atoms with Crippen LogP contribution in [0.1, 0.15) is 28.8 Å². The molecule has 3 rings (SSSR count). The molecule has 146 valence electrons. The Kier molecular flexibility index (Phi) is 8.56. The Hall–Kier alpha value is -1.61. The summed E-state index contributed by atoms with van der Waals surface area (Å²) in [6.45, 7) is 8.71. The highest BCUT2D eigenvalue weighted by Gasteiger charge is 2.06. The molecule has 1 aromatic carbocycles. The topological polar surface area (TPSA) is 65.1 Å². The number of aryl methyl sites for hydroxylation is 2. The second-order valence-corrected chi connectivity index (χ2v) is 7.42. The van der Waals surface area contributed by atoms with Crippen LogP contribution >= 0.6 is 35.3 Å². The number of guanidine groups is 1. The van der Waals surface area contributed by atoms with E-state index in [0.29, 0.717) is 0 Å². The lowest BCUT2D eigenvalue weighted by Gasteiger charge is -2.11. The standard InChI is InChI=1S/C20H27N5S.HI/c1-4-21-20(23-11-9-17-13-26-15(3)25-17)22-10-8-16-12-24-19-14(2)6-5-7-18(16)19;/h5-7,12-13,24H,4,8-11H2,1-3H3,(H2,21,22,23);1H. The van der Waals surface area contributed by atoms with E-state index in [1.165, 1.54) is 22.0 Å². The van der Waals surface area contributed by atoms with Crippen molar-refractivity contribution in [2.45, 2.75) is 33.6 Å². The van der Waals surface area contributed by atoms with Gasteiger partial charge in [-0.05, 0) is 38.3 Å². The lowest BCUT2D eigenvalue weighted by atomic mass is 10.1. The van der Waals surface area contributed by atoms with Gasteiger partial charge >= 0.3 is 0 Å². The van der Waals surface area contributed by atoms with Gasteiger partial charge in [0.15, 0.2) is 5.96 Å². The number of hydrogen-bond donors (Lipinski definition) is 3. The maximum absolute atomic E-state index is 4.66. The van der Waals surface area contributed by atoms with Crippen LogP contribution in [0.15, 0.2) is 34.8 Å². The third kappa shape index (κ3) is 5.93. The molecule has 0 bridgehead atoms. The van der Waals surface area contributed by atoms with Gasteiger partial charge in [0, 0.05) is 48.5 Å². The van der Waals surface area contributed by atoms with Gasteiger partial charge in [0.25, 0.3) is 0 Å². The van der Waals surface area contributed by atoms with Crippen molar-refractivity contribution in [3.8, 4) is 0 Å². The number of aromatic amines is 1. The molecular formula is C20H28IN5S. The van der Waals surface area contributed by atoms with E-state index in [-0.39, 0.29) is 24.0 Å². The molecular weight excluding hydrogens is 469 g/mol. The van der Waals surface area contributed by atoms with Crippen LogP contribution in [0.3, 0.4) is 0 Å². The van der Waals surface area contributed by atoms with Crippen molar-refractivity contribution in [2.75, 3.05) is 19.6 Å². The molecule has 0 fully saturated rings. The minimum atomic E-state index is 0. The summed E-state index contributed by atoms with van der Waals surface area (Å²) >= 11 is 1.69. The molecule has 0 saturated heterocycles. The number of thiazole rings is 1. The molecule has 0 aliphatic heterocycles. The highest BCUT2D eigenvalue weighted by molar-refractivity contribution is 14.0. The van der Waals surface area contributed by atoms with Crippen LogP contribution in [-0.2, 0) is 12.8 Å². The minimum Gasteiger partial charge on any atom is -0.361 e. The van der Waals surface area contributed by atoms with E-state index in [1.54, 1.807) is 11.3 Å². The number of aromatic nitrogens is 2. The van der Waals surface area contributed by atoms with E-state index in [2.05, 4.69) is 69.2 Å². The molecule has 0 unspecified atom stereocenters. The first-order valence-electron chi connectivity index (χ1n) is 9.16. The number of nitrogens with zero attached hydrogens (tertiary/aromatic N) is 2. The Balaban J connectivity index is 0.00000261. The van der Waals surface area contributed by atoms with Gasteiger partial charge in [-0.3, -0.25) is 4.99 Å². The minimum absolute atomic E-state index is 0. The predicted molar refractivity (Wildman–Crippen MR) is 127 cm³/mol. The van der Waals surface area contributed by atoms with Crippen LogP contribution in [0.4, 0.5) is 0 Å². The van der Waals surface area contributed by atoms with E-state index in [1.807, 2.05) is 6.92 Å². The van der Waals surface area contributed by atoms with Crippen molar-refractivity contribution < 1.29 is 0 Å². The van der Waals surface area contributed by atoms with Gasteiger partial charge in [0.05, 0.1) is 10.7 Å². The fraction of sp³-hybridized carbons (Fsp3) is 0.400. The summed E-state index contributed by atoms with van der Waals surface area (Å²) in [5.74, 6) is 0.871. The Morgan fingerprint density at radius 3 is 2.81 bits per heavy atom. The van der Waals surface area contributed by atoms with Gasteiger partial charge in [-0.2, -0.15) is 0 Å². The zero-order valence-electron chi connectivity index (χ0n) is 16.1. The van der Waals surface area contributed by atoms with E-state index in [9.17, 15) is 0 Å². The quantitative estimate of drug-likeness (QED) is 0.261. The van der Waals surface area contributed by atoms with Crippen molar-refractivity contribution in [3.05, 3.63) is 51.6 Å². The van der Waals surface area contributed by atoms with Crippen molar-refractivity contribution >= 4 is 52.2 Å². The van der Waals surface area contributed by atoms with Crippen LogP contribution < -0.4 is 10.6 Å². The molecule has 2 aromatic heterocycles. The Morgan fingerprint density at radius 2 is 2.07 bits per heavy atom. The summed E-state index contributed by atoms with van der Waals surface area (Å²) < 4.78 is 0. The molecule has 0 radical (unpaired) electrons. The predicted octanol–water partition coefficient (Wildman–Crippen LogP) is 4.20. The first kappa shape index (κ1) is 21.7. The van der Waals surface area contributed by atoms with Gasteiger partial charge in [0.1, 0.15) is 0 Å². The fourth-order valence-corrected chi connectivity index (χ4v) is 3.68. The number of H-pyrrole nitrogens is 1. The van der Waals surface area contributed by atoms with E-state index < -0.39 is 0 Å². The van der Waals surface area contributed by atoms with Crippen molar-refractivity contribution in [3.63, 3.8) is 0 Å². The summed E-state index contributed by atoms with van der Waals surface area (Å²) in [5, 5.41) is 11.3. The second-order valence-electron chi connectivity index (χ2n) is 6.36. The normalized spacial score (nSPS) is 11.4. The molecule has 0 saturated carbocycles. The third-order valence-electron chi connectivity index (χ3n) is 4.34. The summed E-state index contributed by atoms with van der Waals surface area (Å²) in [7, 11) is 0. The number of fused-ring (bicyclic) bond motifs is 1. The highest BCUT2D eigenvalue weighted by atomic mass is 127. The Bertz CT molecular complexity index is 884. The number of nitrogens with one attached hydrogen (secondary N) is 3. The summed E-state index contributed by atoms with van der Waals surface area (Å²) in [5.41, 5.74) is 4.99. The number of halogens is 1. The molecule has 7 heteroatoms. The van der Waals surface area contributed by atoms with Gasteiger partial charge in [-0.1, -0.05) is 18.2 Å². The number of benzene rings is 1. The molecule has 0 aliphatic carbocycles. The van der Waals surface area contributed by atoms with Crippen molar-refractivity contribution in [2.24, 2.45) is 4.99 Å². The van der Waals surface area contributed by atoms with Gasteiger partial charge in [-0.15, -0.1) is 35.3 Å². The monoisotopic (exact) mass is 497 g/mol. The van der Waals surface area contributed by atoms with Crippen LogP contribution in [0, 0.1) is 13.8 Å². The molecule has 0 aliphatic rings. The van der Waals surface area contributed by atoms with Crippen LogP contribution in [0.25, 0.3) is 10.9 Å². The lowest BCUT2D eigenvalue weighted by Crippen LogP contribution is -2.38. The van der Waals surface area contributed by atoms with Gasteiger partial charge in [0.2, 0.25) is 0 Å². The number of rotatable bonds is 7. The fourth-order valence-electron chi connectivity index (χ4n) is 3.03. The largest absolute Gasteiger partial charge is 0.361 e. The molecule has 0 spiro atoms. The second kappa shape index (κ2) is 10.7. The van der Waals surface area contributed by atoms with E-state index in [4.69, 9.17) is 0 Å². The zero-order valence-corrected chi connectivity index (χ0v) is 19.3. The SMILES string of the molecule is CCNC(=NCCc1csc(C)n1)NCCc1c[nH]c2c(C)cccc12.I. The van der Waals surface area contributed by atoms with Gasteiger partial charge in [-0.25, -0.2) is 4.98 Å². The molecule has 5 nitrogen and oxygen atoms in total. The molecule has 2 heterocycles. The van der Waals surface area contributed by atoms with Crippen molar-refractivity contribution in [1.29, 1.82) is 0 Å². The molecule has 3 aromatic rings. The molecule has 0 atom stereocenters. The number of aliphatic imine (C=N–C) groups is 1. The Labute approximate surface area is 182 Å². The zero-order chi connectivity index (χ0) is 18.4. The first-order chi connectivity index (χ1) is 12.7. The summed E-state index contributed by atoms with van der Waals surface area (Å²) in [6.07, 6.45) is 3.95. The first-order valence-corrected chi connectivity index (χ1v) is 10.0. The average Bonchev–Trinajstić information content (AvgIpc) is 3.22. The van der Waals surface area contributed by atoms with Crippen LogP contribution in [0.5, 0.6) is 0 Å². The van der Waals surface area contributed by atoms with Gasteiger partial charge < -0.3 is 15.6 Å².